The van der Waals surface area contributed by atoms with Crippen LogP contribution < -0.4 is 0 Å². The van der Waals surface area contributed by atoms with E-state index in [1.807, 2.05) is 18.5 Å². The molecule has 2 aromatic rings. The third-order valence-electron chi connectivity index (χ3n) is 4.25. The molecule has 0 amide bonds. The van der Waals surface area contributed by atoms with Gasteiger partial charge in [0, 0.05) is 25.1 Å². The molecule has 1 aliphatic rings. The van der Waals surface area contributed by atoms with E-state index >= 15 is 0 Å². The summed E-state index contributed by atoms with van der Waals surface area (Å²) in [5, 5.41) is 0. The molecule has 0 bridgehead atoms. The highest BCUT2D eigenvalue weighted by Crippen LogP contribution is 2.30. The quantitative estimate of drug-likeness (QED) is 0.843. The number of likely N-dealkylation sites (tertiary alicyclic amines) is 1. The first-order chi connectivity index (χ1) is 10.4. The highest BCUT2D eigenvalue weighted by atomic mass is 15.2. The van der Waals surface area contributed by atoms with E-state index in [9.17, 15) is 0 Å². The molecule has 0 unspecified atom stereocenters. The molecule has 0 spiro atoms. The standard InChI is InChI=1S/C17H24N4/c1-2-11-20-13-10-19-17(20)14-21-12-6-4-8-16(21)15-7-3-5-9-18-15/h3,5,7,9-10,13,16H,2,4,6,8,11-12,14H2,1H3/t16-/m0/s1. The summed E-state index contributed by atoms with van der Waals surface area (Å²) in [4.78, 5) is 11.7. The summed E-state index contributed by atoms with van der Waals surface area (Å²) in [7, 11) is 0. The van der Waals surface area contributed by atoms with E-state index in [1.165, 1.54) is 30.8 Å². The predicted octanol–water partition coefficient (Wildman–Crippen LogP) is 3.42. The molecule has 1 saturated heterocycles. The number of aromatic nitrogens is 3. The van der Waals surface area contributed by atoms with Gasteiger partial charge < -0.3 is 4.57 Å². The van der Waals surface area contributed by atoms with Gasteiger partial charge in [0.1, 0.15) is 5.82 Å². The van der Waals surface area contributed by atoms with Crippen LogP contribution in [-0.4, -0.2) is 26.0 Å². The molecule has 0 aliphatic carbocycles. The summed E-state index contributed by atoms with van der Waals surface area (Å²) >= 11 is 0. The average Bonchev–Trinajstić information content (AvgIpc) is 2.96. The van der Waals surface area contributed by atoms with Gasteiger partial charge in [-0.1, -0.05) is 19.4 Å². The maximum atomic E-state index is 4.57. The fraction of sp³-hybridized carbons (Fsp3) is 0.529. The number of piperidine rings is 1. The Morgan fingerprint density at radius 3 is 2.95 bits per heavy atom. The summed E-state index contributed by atoms with van der Waals surface area (Å²) < 4.78 is 2.28. The second kappa shape index (κ2) is 6.85. The summed E-state index contributed by atoms with van der Waals surface area (Å²) in [5.74, 6) is 1.18. The van der Waals surface area contributed by atoms with Crippen molar-refractivity contribution in [1.82, 2.24) is 19.4 Å². The van der Waals surface area contributed by atoms with E-state index in [0.717, 1.165) is 26.1 Å². The maximum Gasteiger partial charge on any atom is 0.122 e. The zero-order valence-corrected chi connectivity index (χ0v) is 12.8. The first-order valence-corrected chi connectivity index (χ1v) is 8.03. The zero-order valence-electron chi connectivity index (χ0n) is 12.8. The van der Waals surface area contributed by atoms with Gasteiger partial charge in [0.15, 0.2) is 0 Å². The third-order valence-corrected chi connectivity index (χ3v) is 4.25. The largest absolute Gasteiger partial charge is 0.334 e. The minimum Gasteiger partial charge on any atom is -0.334 e. The van der Waals surface area contributed by atoms with Crippen molar-refractivity contribution in [2.24, 2.45) is 0 Å². The van der Waals surface area contributed by atoms with Crippen LogP contribution in [0, 0.1) is 0 Å². The van der Waals surface area contributed by atoms with Crippen LogP contribution in [-0.2, 0) is 13.1 Å². The molecule has 3 rings (SSSR count). The highest BCUT2D eigenvalue weighted by Gasteiger charge is 2.25. The van der Waals surface area contributed by atoms with Gasteiger partial charge in [0.2, 0.25) is 0 Å². The minimum absolute atomic E-state index is 0.437. The Hall–Kier alpha value is -1.68. The molecule has 2 aromatic heterocycles. The van der Waals surface area contributed by atoms with Crippen molar-refractivity contribution < 1.29 is 0 Å². The number of pyridine rings is 1. The molecule has 1 aliphatic heterocycles. The summed E-state index contributed by atoms with van der Waals surface area (Å²) in [5.41, 5.74) is 1.20. The normalized spacial score (nSPS) is 19.8. The predicted molar refractivity (Wildman–Crippen MR) is 83.8 cm³/mol. The topological polar surface area (TPSA) is 34.0 Å². The number of rotatable bonds is 5. The van der Waals surface area contributed by atoms with E-state index in [2.05, 4.69) is 44.7 Å². The van der Waals surface area contributed by atoms with E-state index < -0.39 is 0 Å². The molecule has 0 N–H and O–H groups in total. The van der Waals surface area contributed by atoms with Crippen molar-refractivity contribution in [2.45, 2.75) is 51.7 Å². The lowest BCUT2D eigenvalue weighted by molar-refractivity contribution is 0.132. The molecule has 4 heteroatoms. The second-order valence-corrected chi connectivity index (χ2v) is 5.77. The Kier molecular flexibility index (Phi) is 4.65. The minimum atomic E-state index is 0.437. The van der Waals surface area contributed by atoms with Crippen LogP contribution in [0.15, 0.2) is 36.8 Å². The molecule has 1 fully saturated rings. The summed E-state index contributed by atoms with van der Waals surface area (Å²) in [6.07, 6.45) is 10.8. The van der Waals surface area contributed by atoms with Crippen LogP contribution in [0.2, 0.25) is 0 Å². The monoisotopic (exact) mass is 284 g/mol. The van der Waals surface area contributed by atoms with Crippen LogP contribution in [0.1, 0.15) is 50.2 Å². The van der Waals surface area contributed by atoms with E-state index in [4.69, 9.17) is 0 Å². The van der Waals surface area contributed by atoms with Crippen LogP contribution in [0.4, 0.5) is 0 Å². The summed E-state index contributed by atoms with van der Waals surface area (Å²) in [6.45, 7) is 5.33. The van der Waals surface area contributed by atoms with Crippen molar-refractivity contribution in [2.75, 3.05) is 6.54 Å². The lowest BCUT2D eigenvalue weighted by Crippen LogP contribution is -2.34. The molecular weight excluding hydrogens is 260 g/mol. The SMILES string of the molecule is CCCn1ccnc1CN1CCCC[C@H]1c1ccccn1. The fourth-order valence-electron chi connectivity index (χ4n) is 3.21. The lowest BCUT2D eigenvalue weighted by Gasteiger charge is -2.35. The van der Waals surface area contributed by atoms with E-state index in [-0.39, 0.29) is 0 Å². The van der Waals surface area contributed by atoms with Crippen molar-refractivity contribution in [3.05, 3.63) is 48.3 Å². The van der Waals surface area contributed by atoms with Crippen LogP contribution in [0.3, 0.4) is 0 Å². The molecule has 0 radical (unpaired) electrons. The van der Waals surface area contributed by atoms with Crippen LogP contribution >= 0.6 is 0 Å². The first-order valence-electron chi connectivity index (χ1n) is 8.03. The Morgan fingerprint density at radius 2 is 2.14 bits per heavy atom. The number of hydrogen-bond acceptors (Lipinski definition) is 3. The molecule has 112 valence electrons. The number of aryl methyl sites for hydroxylation is 1. The third kappa shape index (κ3) is 3.32. The van der Waals surface area contributed by atoms with Crippen LogP contribution in [0.25, 0.3) is 0 Å². The number of nitrogens with zero attached hydrogens (tertiary/aromatic N) is 4. The second-order valence-electron chi connectivity index (χ2n) is 5.77. The number of imidazole rings is 1. The van der Waals surface area contributed by atoms with Crippen molar-refractivity contribution in [1.29, 1.82) is 0 Å². The fourth-order valence-corrected chi connectivity index (χ4v) is 3.21. The smallest absolute Gasteiger partial charge is 0.122 e. The Bertz CT molecular complexity index is 549. The van der Waals surface area contributed by atoms with Crippen LogP contribution in [0.5, 0.6) is 0 Å². The van der Waals surface area contributed by atoms with Crippen molar-refractivity contribution in [3.63, 3.8) is 0 Å². The average molecular weight is 284 g/mol. The molecule has 0 saturated carbocycles. The molecule has 0 aromatic carbocycles. The van der Waals surface area contributed by atoms with Gasteiger partial charge in [0.25, 0.3) is 0 Å². The van der Waals surface area contributed by atoms with Crippen molar-refractivity contribution >= 4 is 0 Å². The van der Waals surface area contributed by atoms with Gasteiger partial charge in [-0.3, -0.25) is 9.88 Å². The zero-order chi connectivity index (χ0) is 14.5. The van der Waals surface area contributed by atoms with Gasteiger partial charge in [-0.2, -0.15) is 0 Å². The lowest BCUT2D eigenvalue weighted by atomic mass is 9.99. The molecule has 1 atom stereocenters. The Labute approximate surface area is 126 Å². The molecular formula is C17H24N4. The van der Waals surface area contributed by atoms with E-state index in [0.29, 0.717) is 6.04 Å². The molecule has 3 heterocycles. The Morgan fingerprint density at radius 1 is 1.19 bits per heavy atom. The van der Waals surface area contributed by atoms with Gasteiger partial charge >= 0.3 is 0 Å². The summed E-state index contributed by atoms with van der Waals surface area (Å²) in [6, 6.07) is 6.67. The van der Waals surface area contributed by atoms with Gasteiger partial charge in [-0.25, -0.2) is 4.98 Å². The van der Waals surface area contributed by atoms with Gasteiger partial charge in [-0.05, 0) is 37.9 Å². The van der Waals surface area contributed by atoms with E-state index in [1.54, 1.807) is 0 Å². The van der Waals surface area contributed by atoms with Gasteiger partial charge in [0.05, 0.1) is 18.3 Å². The highest BCUT2D eigenvalue weighted by molar-refractivity contribution is 5.10. The molecule has 21 heavy (non-hydrogen) atoms. The van der Waals surface area contributed by atoms with Gasteiger partial charge in [-0.15, -0.1) is 0 Å². The maximum absolute atomic E-state index is 4.57. The Balaban J connectivity index is 1.77. The first kappa shape index (κ1) is 14.3. The molecule has 4 nitrogen and oxygen atoms in total. The number of hydrogen-bond donors (Lipinski definition) is 0. The van der Waals surface area contributed by atoms with Crippen molar-refractivity contribution in [3.8, 4) is 0 Å².